The van der Waals surface area contributed by atoms with Crippen molar-refractivity contribution in [3.63, 3.8) is 0 Å². The van der Waals surface area contributed by atoms with Crippen molar-refractivity contribution in [3.8, 4) is 0 Å². The highest BCUT2D eigenvalue weighted by molar-refractivity contribution is 7.91. The van der Waals surface area contributed by atoms with E-state index in [1.54, 1.807) is 33.9 Å². The van der Waals surface area contributed by atoms with Gasteiger partial charge >= 0.3 is 0 Å². The summed E-state index contributed by atoms with van der Waals surface area (Å²) in [5, 5.41) is 9.21. The highest BCUT2D eigenvalue weighted by Crippen LogP contribution is 2.27. The van der Waals surface area contributed by atoms with Gasteiger partial charge < -0.3 is 10.2 Å². The van der Waals surface area contributed by atoms with Gasteiger partial charge in [-0.2, -0.15) is 5.10 Å². The fourth-order valence-electron chi connectivity index (χ4n) is 3.90. The summed E-state index contributed by atoms with van der Waals surface area (Å²) < 4.78 is 25.1. The molecule has 2 aromatic heterocycles. The zero-order valence-corrected chi connectivity index (χ0v) is 17.9. The van der Waals surface area contributed by atoms with E-state index in [1.807, 2.05) is 5.38 Å². The summed E-state index contributed by atoms with van der Waals surface area (Å²) in [5.41, 5.74) is 1.91. The number of nitrogens with one attached hydrogen (secondary N) is 1. The number of carbonyl (C=O) groups is 2. The molecule has 0 aliphatic carbocycles. The Bertz CT molecular complexity index is 1040. The third-order valence-corrected chi connectivity index (χ3v) is 8.18. The number of rotatable bonds is 5. The number of hydrogen-bond acceptors (Lipinski definition) is 6. The minimum Gasteiger partial charge on any atom is -0.338 e. The first-order valence-electron chi connectivity index (χ1n) is 9.70. The van der Waals surface area contributed by atoms with Gasteiger partial charge in [0.05, 0.1) is 23.2 Å². The van der Waals surface area contributed by atoms with E-state index in [4.69, 9.17) is 0 Å². The van der Waals surface area contributed by atoms with Crippen molar-refractivity contribution in [1.29, 1.82) is 0 Å². The van der Waals surface area contributed by atoms with E-state index in [9.17, 15) is 18.0 Å². The highest BCUT2D eigenvalue weighted by atomic mass is 32.2. The van der Waals surface area contributed by atoms with Crippen LogP contribution in [0.5, 0.6) is 0 Å². The maximum absolute atomic E-state index is 12.5. The number of carbonyl (C=O) groups excluding carboxylic acids is 2. The number of sulfone groups is 1. The highest BCUT2D eigenvalue weighted by Gasteiger charge is 2.31. The second-order valence-corrected chi connectivity index (χ2v) is 10.9. The van der Waals surface area contributed by atoms with E-state index >= 15 is 0 Å². The second kappa shape index (κ2) is 7.91. The fraction of sp³-hybridized carbons (Fsp3) is 0.526. The van der Waals surface area contributed by atoms with E-state index < -0.39 is 9.84 Å². The van der Waals surface area contributed by atoms with Gasteiger partial charge in [0.25, 0.3) is 0 Å². The number of aromatic nitrogens is 2. The lowest BCUT2D eigenvalue weighted by molar-refractivity contribution is -0.133. The van der Waals surface area contributed by atoms with Crippen LogP contribution in [0, 0.1) is 6.92 Å². The van der Waals surface area contributed by atoms with Gasteiger partial charge in [-0.1, -0.05) is 0 Å². The van der Waals surface area contributed by atoms with Gasteiger partial charge in [0, 0.05) is 36.9 Å². The minimum atomic E-state index is -3.05. The third-order valence-electron chi connectivity index (χ3n) is 5.41. The SMILES string of the molecule is Cc1cc(NC(=O)CCC(=O)N2CCc3sccc3C2)n([C@@H]2CCS(=O)(=O)C2)n1. The standard InChI is InChI=1S/C19H24N4O4S2/c1-13-10-17(23(21-13)15-6-9-29(26,27)12-15)20-18(24)2-3-19(25)22-7-4-16-14(11-22)5-8-28-16/h5,8,10,15H,2-4,6-7,9,11-12H2,1H3,(H,20,24)/t15-/m1/s1. The number of thiophene rings is 1. The molecule has 4 heterocycles. The lowest BCUT2D eigenvalue weighted by Gasteiger charge is -2.27. The van der Waals surface area contributed by atoms with Crippen LogP contribution >= 0.6 is 11.3 Å². The molecular formula is C19H24N4O4S2. The molecule has 0 spiro atoms. The van der Waals surface area contributed by atoms with Crippen molar-refractivity contribution < 1.29 is 18.0 Å². The molecule has 0 unspecified atom stereocenters. The number of anilines is 1. The molecule has 4 rings (SSSR count). The van der Waals surface area contributed by atoms with Gasteiger partial charge in [-0.3, -0.25) is 9.59 Å². The van der Waals surface area contributed by atoms with Crippen LogP contribution in [0.15, 0.2) is 17.5 Å². The third kappa shape index (κ3) is 4.53. The lowest BCUT2D eigenvalue weighted by Crippen LogP contribution is -2.35. The summed E-state index contributed by atoms with van der Waals surface area (Å²) in [7, 11) is -3.05. The molecule has 1 atom stereocenters. The molecule has 1 N–H and O–H groups in total. The summed E-state index contributed by atoms with van der Waals surface area (Å²) in [6.07, 6.45) is 1.59. The Hall–Kier alpha value is -2.20. The van der Waals surface area contributed by atoms with Gasteiger partial charge in [0.2, 0.25) is 11.8 Å². The maximum atomic E-state index is 12.5. The van der Waals surface area contributed by atoms with Crippen LogP contribution in [0.1, 0.15) is 41.4 Å². The monoisotopic (exact) mass is 436 g/mol. The second-order valence-electron chi connectivity index (χ2n) is 7.65. The minimum absolute atomic E-state index is 0.0245. The fourth-order valence-corrected chi connectivity index (χ4v) is 6.48. The van der Waals surface area contributed by atoms with Crippen LogP contribution in [-0.4, -0.2) is 53.0 Å². The Balaban J connectivity index is 1.33. The van der Waals surface area contributed by atoms with Crippen molar-refractivity contribution in [3.05, 3.63) is 33.6 Å². The topological polar surface area (TPSA) is 101 Å². The van der Waals surface area contributed by atoms with E-state index in [0.29, 0.717) is 31.0 Å². The van der Waals surface area contributed by atoms with Crippen LogP contribution in [-0.2, 0) is 32.4 Å². The van der Waals surface area contributed by atoms with E-state index in [1.165, 1.54) is 10.4 Å². The van der Waals surface area contributed by atoms with Crippen molar-refractivity contribution in [2.45, 2.75) is 45.2 Å². The zero-order chi connectivity index (χ0) is 20.6. The summed E-state index contributed by atoms with van der Waals surface area (Å²) in [4.78, 5) is 28.1. The quantitative estimate of drug-likeness (QED) is 0.772. The number of hydrogen-bond donors (Lipinski definition) is 1. The van der Waals surface area contributed by atoms with E-state index in [-0.39, 0.29) is 42.2 Å². The average Bonchev–Trinajstić information content (AvgIpc) is 3.37. The molecule has 8 nitrogen and oxygen atoms in total. The molecule has 2 aromatic rings. The zero-order valence-electron chi connectivity index (χ0n) is 16.3. The Morgan fingerprint density at radius 2 is 2.17 bits per heavy atom. The number of aryl methyl sites for hydroxylation is 1. The first kappa shape index (κ1) is 20.1. The predicted molar refractivity (Wildman–Crippen MR) is 111 cm³/mol. The number of nitrogens with zero attached hydrogens (tertiary/aromatic N) is 3. The van der Waals surface area contributed by atoms with Crippen molar-refractivity contribution in [2.75, 3.05) is 23.4 Å². The van der Waals surface area contributed by atoms with Crippen LogP contribution in [0.25, 0.3) is 0 Å². The number of amides is 2. The van der Waals surface area contributed by atoms with Gasteiger partial charge in [0.1, 0.15) is 5.82 Å². The van der Waals surface area contributed by atoms with Crippen LogP contribution < -0.4 is 5.32 Å². The van der Waals surface area contributed by atoms with Gasteiger partial charge in [-0.05, 0) is 36.8 Å². The van der Waals surface area contributed by atoms with Crippen molar-refractivity contribution in [2.24, 2.45) is 0 Å². The summed E-state index contributed by atoms with van der Waals surface area (Å²) in [6.45, 7) is 3.10. The number of fused-ring (bicyclic) bond motifs is 1. The molecule has 2 aliphatic heterocycles. The Labute approximate surface area is 173 Å². The van der Waals surface area contributed by atoms with Crippen LogP contribution in [0.3, 0.4) is 0 Å². The lowest BCUT2D eigenvalue weighted by atomic mass is 10.1. The molecule has 156 valence electrons. The molecule has 0 saturated carbocycles. The van der Waals surface area contributed by atoms with Gasteiger partial charge in [-0.25, -0.2) is 13.1 Å². The predicted octanol–water partition coefficient (Wildman–Crippen LogP) is 1.92. The van der Waals surface area contributed by atoms with E-state index in [2.05, 4.69) is 16.5 Å². The Morgan fingerprint density at radius 1 is 1.34 bits per heavy atom. The van der Waals surface area contributed by atoms with Crippen molar-refractivity contribution in [1.82, 2.24) is 14.7 Å². The first-order valence-corrected chi connectivity index (χ1v) is 12.4. The van der Waals surface area contributed by atoms with Gasteiger partial charge in [0.15, 0.2) is 9.84 Å². The molecule has 1 fully saturated rings. The van der Waals surface area contributed by atoms with Crippen LogP contribution in [0.4, 0.5) is 5.82 Å². The molecule has 2 aliphatic rings. The molecule has 0 radical (unpaired) electrons. The van der Waals surface area contributed by atoms with Crippen LogP contribution in [0.2, 0.25) is 0 Å². The molecule has 29 heavy (non-hydrogen) atoms. The largest absolute Gasteiger partial charge is 0.338 e. The summed E-state index contributed by atoms with van der Waals surface area (Å²) >= 11 is 1.72. The molecule has 1 saturated heterocycles. The average molecular weight is 437 g/mol. The molecule has 0 aromatic carbocycles. The molecule has 0 bridgehead atoms. The Morgan fingerprint density at radius 3 is 2.93 bits per heavy atom. The molecular weight excluding hydrogens is 412 g/mol. The summed E-state index contributed by atoms with van der Waals surface area (Å²) in [5.74, 6) is 0.370. The smallest absolute Gasteiger partial charge is 0.226 e. The summed E-state index contributed by atoms with van der Waals surface area (Å²) in [6, 6.07) is 3.52. The maximum Gasteiger partial charge on any atom is 0.226 e. The molecule has 10 heteroatoms. The van der Waals surface area contributed by atoms with Gasteiger partial charge in [-0.15, -0.1) is 11.3 Å². The normalized spacial score (nSPS) is 20.4. The van der Waals surface area contributed by atoms with Crippen molar-refractivity contribution >= 4 is 38.8 Å². The Kier molecular flexibility index (Phi) is 5.48. The van der Waals surface area contributed by atoms with E-state index in [0.717, 1.165) is 6.42 Å². The molecule has 2 amide bonds. The first-order chi connectivity index (χ1) is 13.8.